The van der Waals surface area contributed by atoms with Crippen molar-refractivity contribution < 1.29 is 14.7 Å². The molecule has 0 saturated carbocycles. The van der Waals surface area contributed by atoms with Crippen molar-refractivity contribution in [2.45, 2.75) is 39.8 Å². The number of thiophene rings is 1. The van der Waals surface area contributed by atoms with Gasteiger partial charge in [-0.1, -0.05) is 13.0 Å². The fourth-order valence-corrected chi connectivity index (χ4v) is 2.50. The smallest absolute Gasteiger partial charge is 0.317 e. The Balaban J connectivity index is 2.50. The highest BCUT2D eigenvalue weighted by atomic mass is 32.1. The Morgan fingerprint density at radius 1 is 1.40 bits per heavy atom. The zero-order valence-electron chi connectivity index (χ0n) is 12.1. The Morgan fingerprint density at radius 3 is 2.60 bits per heavy atom. The van der Waals surface area contributed by atoms with Crippen LogP contribution in [-0.4, -0.2) is 34.6 Å². The van der Waals surface area contributed by atoms with E-state index in [0.29, 0.717) is 13.1 Å². The summed E-state index contributed by atoms with van der Waals surface area (Å²) < 4.78 is 0. The average molecular weight is 298 g/mol. The molecule has 0 bridgehead atoms. The summed E-state index contributed by atoms with van der Waals surface area (Å²) >= 11 is 1.62. The first-order valence-corrected chi connectivity index (χ1v) is 7.56. The lowest BCUT2D eigenvalue weighted by molar-refractivity contribution is -0.137. The van der Waals surface area contributed by atoms with Gasteiger partial charge >= 0.3 is 12.0 Å². The van der Waals surface area contributed by atoms with Crippen LogP contribution in [0.2, 0.25) is 0 Å². The highest BCUT2D eigenvalue weighted by Gasteiger charge is 2.18. The van der Waals surface area contributed by atoms with Crippen LogP contribution < -0.4 is 5.32 Å². The number of aliphatic carboxylic acids is 1. The van der Waals surface area contributed by atoms with Crippen LogP contribution in [0.25, 0.3) is 0 Å². The van der Waals surface area contributed by atoms with Crippen LogP contribution in [-0.2, 0) is 11.3 Å². The van der Waals surface area contributed by atoms with E-state index in [4.69, 9.17) is 5.11 Å². The van der Waals surface area contributed by atoms with Crippen molar-refractivity contribution in [2.75, 3.05) is 6.54 Å². The summed E-state index contributed by atoms with van der Waals surface area (Å²) in [5.74, 6) is -0.918. The summed E-state index contributed by atoms with van der Waals surface area (Å²) in [6.45, 7) is 6.70. The summed E-state index contributed by atoms with van der Waals surface area (Å²) in [5, 5.41) is 13.5. The summed E-state index contributed by atoms with van der Waals surface area (Å²) in [6.07, 6.45) is 0.0624. The number of carboxylic acid groups (broad SMARTS) is 1. The molecule has 2 amide bonds. The van der Waals surface area contributed by atoms with E-state index in [1.54, 1.807) is 16.2 Å². The molecule has 1 rings (SSSR count). The number of amides is 2. The van der Waals surface area contributed by atoms with E-state index in [2.05, 4.69) is 5.32 Å². The van der Waals surface area contributed by atoms with Crippen LogP contribution >= 0.6 is 11.3 Å². The molecule has 1 atom stereocenters. The lowest BCUT2D eigenvalue weighted by Crippen LogP contribution is -2.44. The van der Waals surface area contributed by atoms with E-state index in [1.165, 1.54) is 0 Å². The number of hydrogen-bond donors (Lipinski definition) is 2. The zero-order chi connectivity index (χ0) is 15.1. The first-order chi connectivity index (χ1) is 9.40. The first-order valence-electron chi connectivity index (χ1n) is 6.68. The summed E-state index contributed by atoms with van der Waals surface area (Å²) in [7, 11) is 0. The van der Waals surface area contributed by atoms with Crippen LogP contribution in [0.5, 0.6) is 0 Å². The topological polar surface area (TPSA) is 69.6 Å². The Kier molecular flexibility index (Phi) is 6.51. The lowest BCUT2D eigenvalue weighted by Gasteiger charge is -2.27. The second-order valence-electron chi connectivity index (χ2n) is 5.19. The number of carbonyl (C=O) groups is 2. The number of nitrogens with zero attached hydrogens (tertiary/aromatic N) is 1. The third-order valence-electron chi connectivity index (χ3n) is 2.92. The monoisotopic (exact) mass is 298 g/mol. The molecule has 5 nitrogen and oxygen atoms in total. The highest BCUT2D eigenvalue weighted by Crippen LogP contribution is 2.14. The van der Waals surface area contributed by atoms with E-state index in [-0.39, 0.29) is 24.4 Å². The molecule has 112 valence electrons. The van der Waals surface area contributed by atoms with E-state index in [0.717, 1.165) is 4.88 Å². The summed E-state index contributed by atoms with van der Waals surface area (Å²) in [4.78, 5) is 25.6. The molecule has 0 fully saturated rings. The molecular formula is C14H22N2O3S. The van der Waals surface area contributed by atoms with Gasteiger partial charge in [0.2, 0.25) is 0 Å². The van der Waals surface area contributed by atoms with E-state index < -0.39 is 5.97 Å². The minimum atomic E-state index is -0.842. The minimum absolute atomic E-state index is 0.0624. The van der Waals surface area contributed by atoms with Gasteiger partial charge in [0.15, 0.2) is 0 Å². The second kappa shape index (κ2) is 7.89. The molecule has 1 aromatic heterocycles. The predicted molar refractivity (Wildman–Crippen MR) is 79.8 cm³/mol. The Bertz CT molecular complexity index is 432. The maximum Gasteiger partial charge on any atom is 0.317 e. The number of hydrogen-bond acceptors (Lipinski definition) is 3. The van der Waals surface area contributed by atoms with Gasteiger partial charge in [0.25, 0.3) is 0 Å². The van der Waals surface area contributed by atoms with Crippen LogP contribution in [0.15, 0.2) is 17.5 Å². The lowest BCUT2D eigenvalue weighted by atomic mass is 10.1. The molecule has 2 N–H and O–H groups in total. The molecule has 0 aromatic carbocycles. The molecule has 1 heterocycles. The van der Waals surface area contributed by atoms with Crippen molar-refractivity contribution in [1.29, 1.82) is 0 Å². The van der Waals surface area contributed by atoms with Gasteiger partial charge in [0.05, 0.1) is 6.54 Å². The molecule has 0 radical (unpaired) electrons. The highest BCUT2D eigenvalue weighted by molar-refractivity contribution is 7.09. The molecule has 1 unspecified atom stereocenters. The second-order valence-corrected chi connectivity index (χ2v) is 6.22. The third kappa shape index (κ3) is 5.61. The minimum Gasteiger partial charge on any atom is -0.481 e. The molecule has 0 aliphatic carbocycles. The van der Waals surface area contributed by atoms with Crippen LogP contribution in [0.3, 0.4) is 0 Å². The normalized spacial score (nSPS) is 12.2. The predicted octanol–water partition coefficient (Wildman–Crippen LogP) is 2.78. The fraction of sp³-hybridized carbons (Fsp3) is 0.571. The van der Waals surface area contributed by atoms with Crippen molar-refractivity contribution in [3.05, 3.63) is 22.4 Å². The Morgan fingerprint density at radius 2 is 2.10 bits per heavy atom. The SMILES string of the molecule is CC(CNC(=O)N(Cc1cccs1)C(C)C)CC(=O)O. The van der Waals surface area contributed by atoms with Gasteiger partial charge < -0.3 is 15.3 Å². The maximum absolute atomic E-state index is 12.2. The zero-order valence-corrected chi connectivity index (χ0v) is 12.9. The van der Waals surface area contributed by atoms with Gasteiger partial charge in [-0.25, -0.2) is 4.79 Å². The molecule has 0 aliphatic rings. The maximum atomic E-state index is 12.2. The molecule has 0 aliphatic heterocycles. The van der Waals surface area contributed by atoms with Crippen molar-refractivity contribution in [3.63, 3.8) is 0 Å². The van der Waals surface area contributed by atoms with Gasteiger partial charge in [0.1, 0.15) is 0 Å². The fourth-order valence-electron chi connectivity index (χ4n) is 1.79. The van der Waals surface area contributed by atoms with Gasteiger partial charge in [-0.05, 0) is 31.2 Å². The van der Waals surface area contributed by atoms with Crippen LogP contribution in [0.4, 0.5) is 4.79 Å². The quantitative estimate of drug-likeness (QED) is 0.813. The summed E-state index contributed by atoms with van der Waals surface area (Å²) in [6, 6.07) is 3.91. The van der Waals surface area contributed by atoms with E-state index >= 15 is 0 Å². The van der Waals surface area contributed by atoms with E-state index in [9.17, 15) is 9.59 Å². The third-order valence-corrected chi connectivity index (χ3v) is 3.78. The van der Waals surface area contributed by atoms with Gasteiger partial charge in [-0.15, -0.1) is 11.3 Å². The molecule has 1 aromatic rings. The van der Waals surface area contributed by atoms with Crippen LogP contribution in [0, 0.1) is 5.92 Å². The van der Waals surface area contributed by atoms with Crippen molar-refractivity contribution in [1.82, 2.24) is 10.2 Å². The number of nitrogens with one attached hydrogen (secondary N) is 1. The van der Waals surface area contributed by atoms with Crippen LogP contribution in [0.1, 0.15) is 32.1 Å². The molecule has 0 saturated heterocycles. The number of rotatable bonds is 7. The molecule has 6 heteroatoms. The van der Waals surface area contributed by atoms with Crippen molar-refractivity contribution >= 4 is 23.3 Å². The number of urea groups is 1. The van der Waals surface area contributed by atoms with Crippen molar-refractivity contribution in [3.8, 4) is 0 Å². The van der Waals surface area contributed by atoms with E-state index in [1.807, 2.05) is 38.3 Å². The van der Waals surface area contributed by atoms with Crippen molar-refractivity contribution in [2.24, 2.45) is 5.92 Å². The van der Waals surface area contributed by atoms with Gasteiger partial charge in [-0.2, -0.15) is 0 Å². The molecule has 0 spiro atoms. The van der Waals surface area contributed by atoms with Gasteiger partial charge in [0, 0.05) is 23.9 Å². The molecular weight excluding hydrogens is 276 g/mol. The molecule has 20 heavy (non-hydrogen) atoms. The standard InChI is InChI=1S/C14H22N2O3S/c1-10(2)16(9-12-5-4-6-20-12)14(19)15-8-11(3)7-13(17)18/h4-6,10-11H,7-9H2,1-3H3,(H,15,19)(H,17,18). The van der Waals surface area contributed by atoms with Gasteiger partial charge in [-0.3, -0.25) is 4.79 Å². The Labute approximate surface area is 123 Å². The summed E-state index contributed by atoms with van der Waals surface area (Å²) in [5.41, 5.74) is 0. The largest absolute Gasteiger partial charge is 0.481 e. The number of carboxylic acids is 1. The average Bonchev–Trinajstić information content (AvgIpc) is 2.84. The first kappa shape index (κ1) is 16.5. The number of carbonyl (C=O) groups excluding carboxylic acids is 1. The Hall–Kier alpha value is -1.56.